The highest BCUT2D eigenvalue weighted by Gasteiger charge is 2.31. The predicted octanol–water partition coefficient (Wildman–Crippen LogP) is 5.75. The first-order valence-electron chi connectivity index (χ1n) is 14.6. The van der Waals surface area contributed by atoms with E-state index < -0.39 is 10.8 Å². The van der Waals surface area contributed by atoms with Gasteiger partial charge in [0, 0.05) is 43.3 Å². The molecule has 4 aromatic carbocycles. The van der Waals surface area contributed by atoms with Gasteiger partial charge in [0.15, 0.2) is 0 Å². The molecule has 7 nitrogen and oxygen atoms in total. The Kier molecular flexibility index (Phi) is 9.07. The number of anilines is 2. The van der Waals surface area contributed by atoms with Gasteiger partial charge in [-0.1, -0.05) is 48.0 Å². The van der Waals surface area contributed by atoms with Crippen LogP contribution in [-0.4, -0.2) is 60.2 Å². The fraction of sp³-hybridized carbons (Fsp3) is 0.235. The molecule has 2 heterocycles. The smallest absolute Gasteiger partial charge is 0.259 e. The van der Waals surface area contributed by atoms with E-state index >= 15 is 0 Å². The van der Waals surface area contributed by atoms with Crippen LogP contribution in [0.4, 0.5) is 15.8 Å². The van der Waals surface area contributed by atoms with Crippen LogP contribution in [0.2, 0.25) is 5.02 Å². The highest BCUT2D eigenvalue weighted by Crippen LogP contribution is 2.36. The maximum absolute atomic E-state index is 14.1. The average Bonchev–Trinajstić information content (AvgIpc) is 3.13. The number of rotatable bonds is 8. The number of fused-ring (bicyclic) bond motifs is 2. The lowest BCUT2D eigenvalue weighted by Crippen LogP contribution is -2.47. The third-order valence-electron chi connectivity index (χ3n) is 8.01. The standard InChI is InChI=1S/C34H32ClFN4O3S/c35-26-8-5-7-24(21-26)23-40-30-22-25(13-14-32(30)44(43)31-12-4-1-9-27(31)34(40)42)33(41)37-15-6-16-38-17-19-39(20-18-38)29-11-3-2-10-28(29)36/h1-5,7-14,21-22H,6,15-20,23H2,(H,37,41)/t44-/m0/s1. The van der Waals surface area contributed by atoms with Crippen LogP contribution in [0, 0.1) is 5.82 Å². The molecule has 2 aliphatic heterocycles. The van der Waals surface area contributed by atoms with Crippen LogP contribution in [0.1, 0.15) is 32.7 Å². The fourth-order valence-electron chi connectivity index (χ4n) is 5.71. The second kappa shape index (κ2) is 13.3. The Hall–Kier alpha value is -4.05. The van der Waals surface area contributed by atoms with Crippen LogP contribution in [0.3, 0.4) is 0 Å². The zero-order chi connectivity index (χ0) is 30.6. The first-order chi connectivity index (χ1) is 21.4. The van der Waals surface area contributed by atoms with E-state index in [-0.39, 0.29) is 24.2 Å². The number of hydrogen-bond donors (Lipinski definition) is 1. The molecule has 0 aromatic heterocycles. The van der Waals surface area contributed by atoms with E-state index in [0.717, 1.165) is 44.7 Å². The van der Waals surface area contributed by atoms with E-state index in [4.69, 9.17) is 11.6 Å². The Morgan fingerprint density at radius 3 is 2.43 bits per heavy atom. The Bertz CT molecular complexity index is 1730. The SMILES string of the molecule is O=C(NCCCN1CCN(c2ccccc2F)CC1)c1ccc2c(c1)N(Cc1cccc(Cl)c1)C(=O)c1ccccc1[S@@]2=O. The molecule has 0 aliphatic carbocycles. The highest BCUT2D eigenvalue weighted by molar-refractivity contribution is 7.85. The van der Waals surface area contributed by atoms with Crippen molar-refractivity contribution in [2.75, 3.05) is 49.1 Å². The summed E-state index contributed by atoms with van der Waals surface area (Å²) in [5.41, 5.74) is 2.64. The molecule has 2 aliphatic rings. The molecular weight excluding hydrogens is 599 g/mol. The van der Waals surface area contributed by atoms with Crippen LogP contribution >= 0.6 is 11.6 Å². The van der Waals surface area contributed by atoms with Crippen molar-refractivity contribution in [1.82, 2.24) is 10.2 Å². The quantitative estimate of drug-likeness (QED) is 0.251. The molecule has 0 bridgehead atoms. The summed E-state index contributed by atoms with van der Waals surface area (Å²) >= 11 is 6.23. The Morgan fingerprint density at radius 1 is 0.864 bits per heavy atom. The third kappa shape index (κ3) is 6.40. The molecule has 10 heteroatoms. The molecule has 0 unspecified atom stereocenters. The number of nitrogens with zero attached hydrogens (tertiary/aromatic N) is 3. The topological polar surface area (TPSA) is 73.0 Å². The molecule has 0 spiro atoms. The minimum Gasteiger partial charge on any atom is -0.367 e. The number of para-hydroxylation sites is 1. The lowest BCUT2D eigenvalue weighted by Gasteiger charge is -2.36. The van der Waals surface area contributed by atoms with Crippen LogP contribution in [-0.2, 0) is 17.3 Å². The molecule has 0 saturated carbocycles. The Balaban J connectivity index is 1.12. The number of piperazine rings is 1. The summed E-state index contributed by atoms with van der Waals surface area (Å²) in [7, 11) is -1.61. The van der Waals surface area contributed by atoms with Gasteiger partial charge in [0.1, 0.15) is 5.82 Å². The van der Waals surface area contributed by atoms with Gasteiger partial charge in [-0.3, -0.25) is 14.5 Å². The van der Waals surface area contributed by atoms with Crippen molar-refractivity contribution in [2.45, 2.75) is 22.8 Å². The van der Waals surface area contributed by atoms with Crippen molar-refractivity contribution in [2.24, 2.45) is 0 Å². The van der Waals surface area contributed by atoms with Crippen LogP contribution in [0.5, 0.6) is 0 Å². The predicted molar refractivity (Wildman–Crippen MR) is 172 cm³/mol. The fourth-order valence-corrected chi connectivity index (χ4v) is 7.26. The van der Waals surface area contributed by atoms with E-state index in [1.807, 2.05) is 24.3 Å². The number of amides is 2. The van der Waals surface area contributed by atoms with Crippen molar-refractivity contribution in [3.8, 4) is 0 Å². The van der Waals surface area contributed by atoms with Crippen molar-refractivity contribution < 1.29 is 18.2 Å². The van der Waals surface area contributed by atoms with Crippen molar-refractivity contribution in [3.63, 3.8) is 0 Å². The number of hydrogen-bond acceptors (Lipinski definition) is 5. The second-order valence-corrected chi connectivity index (χ2v) is 12.7. The van der Waals surface area contributed by atoms with Gasteiger partial charge in [-0.15, -0.1) is 0 Å². The van der Waals surface area contributed by atoms with E-state index in [1.54, 1.807) is 65.6 Å². The molecular formula is C34H32ClFN4O3S. The summed E-state index contributed by atoms with van der Waals surface area (Å²) in [6.07, 6.45) is 0.759. The van der Waals surface area contributed by atoms with Gasteiger partial charge in [-0.25, -0.2) is 8.60 Å². The Morgan fingerprint density at radius 2 is 1.64 bits per heavy atom. The number of carbonyl (C=O) groups is 2. The van der Waals surface area contributed by atoms with Gasteiger partial charge in [0.2, 0.25) is 0 Å². The van der Waals surface area contributed by atoms with Gasteiger partial charge < -0.3 is 15.1 Å². The van der Waals surface area contributed by atoms with Gasteiger partial charge >= 0.3 is 0 Å². The summed E-state index contributed by atoms with van der Waals surface area (Å²) in [5.74, 6) is -0.755. The highest BCUT2D eigenvalue weighted by atomic mass is 35.5. The summed E-state index contributed by atoms with van der Waals surface area (Å²) in [6.45, 7) is 4.64. The molecule has 6 rings (SSSR count). The monoisotopic (exact) mass is 630 g/mol. The lowest BCUT2D eigenvalue weighted by atomic mass is 10.1. The maximum atomic E-state index is 14.1. The molecule has 226 valence electrons. The Labute approximate surface area is 263 Å². The third-order valence-corrected chi connectivity index (χ3v) is 9.74. The van der Waals surface area contributed by atoms with E-state index in [2.05, 4.69) is 15.1 Å². The first kappa shape index (κ1) is 30.0. The normalized spacial score (nSPS) is 16.7. The number of benzene rings is 4. The molecule has 1 fully saturated rings. The molecule has 1 saturated heterocycles. The maximum Gasteiger partial charge on any atom is 0.259 e. The number of halogens is 2. The van der Waals surface area contributed by atoms with Crippen LogP contribution < -0.4 is 15.1 Å². The van der Waals surface area contributed by atoms with Crippen LogP contribution in [0.15, 0.2) is 101 Å². The van der Waals surface area contributed by atoms with Gasteiger partial charge in [0.25, 0.3) is 11.8 Å². The molecule has 0 radical (unpaired) electrons. The minimum absolute atomic E-state index is 0.200. The van der Waals surface area contributed by atoms with E-state index in [1.165, 1.54) is 6.07 Å². The number of carbonyl (C=O) groups excluding carboxylic acids is 2. The first-order valence-corrected chi connectivity index (χ1v) is 16.1. The lowest BCUT2D eigenvalue weighted by molar-refractivity contribution is 0.0948. The van der Waals surface area contributed by atoms with Gasteiger partial charge in [-0.2, -0.15) is 0 Å². The molecule has 1 atom stereocenters. The van der Waals surface area contributed by atoms with Gasteiger partial charge in [-0.05, 0) is 73.1 Å². The molecule has 2 amide bonds. The summed E-state index contributed by atoms with van der Waals surface area (Å²) in [4.78, 5) is 33.9. The molecule has 1 N–H and O–H groups in total. The van der Waals surface area contributed by atoms with Gasteiger partial charge in [0.05, 0.1) is 44.1 Å². The largest absolute Gasteiger partial charge is 0.367 e. The van der Waals surface area contributed by atoms with Crippen molar-refractivity contribution >= 4 is 45.6 Å². The van der Waals surface area contributed by atoms with Crippen molar-refractivity contribution in [3.05, 3.63) is 119 Å². The zero-order valence-corrected chi connectivity index (χ0v) is 25.6. The van der Waals surface area contributed by atoms with Crippen molar-refractivity contribution in [1.29, 1.82) is 0 Å². The minimum atomic E-state index is -1.61. The van der Waals surface area contributed by atoms with Crippen LogP contribution in [0.25, 0.3) is 0 Å². The molecule has 4 aromatic rings. The number of nitrogens with one attached hydrogen (secondary N) is 1. The van der Waals surface area contributed by atoms with E-state index in [0.29, 0.717) is 43.9 Å². The second-order valence-electron chi connectivity index (χ2n) is 10.9. The summed E-state index contributed by atoms with van der Waals surface area (Å²) < 4.78 is 27.8. The van der Waals surface area contributed by atoms with E-state index in [9.17, 15) is 18.2 Å². The average molecular weight is 631 g/mol. The molecule has 44 heavy (non-hydrogen) atoms. The zero-order valence-electron chi connectivity index (χ0n) is 24.0. The summed E-state index contributed by atoms with van der Waals surface area (Å²) in [5, 5.41) is 3.54. The summed E-state index contributed by atoms with van der Waals surface area (Å²) in [6, 6.07) is 26.0.